The number of alkyl halides is 1. The summed E-state index contributed by atoms with van der Waals surface area (Å²) in [6.45, 7) is -0.575. The number of carboxylic acids is 1. The fourth-order valence-electron chi connectivity index (χ4n) is 1.34. The Bertz CT molecular complexity index is 340. The van der Waals surface area contributed by atoms with Gasteiger partial charge in [-0.25, -0.2) is 4.39 Å². The molecule has 0 heterocycles. The smallest absolute Gasteiger partial charge is 0.321 e. The topological polar surface area (TPSA) is 69.6 Å². The second-order valence-corrected chi connectivity index (χ2v) is 3.40. The Hall–Kier alpha value is -1.62. The highest BCUT2D eigenvalue weighted by Crippen LogP contribution is 2.11. The van der Waals surface area contributed by atoms with Gasteiger partial charge in [0.05, 0.1) is 0 Å². The molecule has 0 aliphatic rings. The Kier molecular flexibility index (Phi) is 4.72. The van der Waals surface area contributed by atoms with E-state index in [-0.39, 0.29) is 18.7 Å². The maximum atomic E-state index is 11.9. The highest BCUT2D eigenvalue weighted by atomic mass is 19.1. The van der Waals surface area contributed by atoms with Crippen molar-refractivity contribution in [3.05, 3.63) is 29.8 Å². The molecule has 1 aromatic carbocycles. The fraction of sp³-hybridized carbons (Fsp3) is 0.364. The number of nitrogens with one attached hydrogen (secondary N) is 1. The van der Waals surface area contributed by atoms with E-state index in [1.54, 1.807) is 12.1 Å². The molecule has 16 heavy (non-hydrogen) atoms. The van der Waals surface area contributed by atoms with Crippen molar-refractivity contribution in [2.45, 2.75) is 12.5 Å². The second kappa shape index (κ2) is 6.07. The summed E-state index contributed by atoms with van der Waals surface area (Å²) in [6.07, 6.45) is 0.260. The van der Waals surface area contributed by atoms with E-state index in [1.807, 2.05) is 0 Å². The van der Waals surface area contributed by atoms with Gasteiger partial charge in [-0.1, -0.05) is 12.1 Å². The first-order valence-electron chi connectivity index (χ1n) is 4.93. The summed E-state index contributed by atoms with van der Waals surface area (Å²) in [6, 6.07) is 5.46. The number of hydrogen-bond acceptors (Lipinski definition) is 3. The van der Waals surface area contributed by atoms with Gasteiger partial charge in [-0.3, -0.25) is 4.79 Å². The average molecular weight is 227 g/mol. The first-order chi connectivity index (χ1) is 7.63. The number of aromatic hydroxyl groups is 1. The molecule has 5 heteroatoms. The molecule has 3 N–H and O–H groups in total. The third-order valence-corrected chi connectivity index (χ3v) is 2.16. The van der Waals surface area contributed by atoms with Crippen LogP contribution in [0.25, 0.3) is 0 Å². The molecule has 0 aliphatic carbocycles. The molecule has 0 bridgehead atoms. The van der Waals surface area contributed by atoms with Crippen LogP contribution in [0.2, 0.25) is 0 Å². The summed E-state index contributed by atoms with van der Waals surface area (Å²) in [7, 11) is 0. The molecular formula is C11H14FNO3. The van der Waals surface area contributed by atoms with Crippen molar-refractivity contribution in [1.29, 1.82) is 0 Å². The summed E-state index contributed by atoms with van der Waals surface area (Å²) in [5, 5.41) is 20.5. The average Bonchev–Trinajstić information content (AvgIpc) is 2.26. The van der Waals surface area contributed by atoms with Gasteiger partial charge in [0.1, 0.15) is 18.5 Å². The van der Waals surface area contributed by atoms with Gasteiger partial charge >= 0.3 is 5.97 Å². The van der Waals surface area contributed by atoms with Gasteiger partial charge in [0.2, 0.25) is 0 Å². The largest absolute Gasteiger partial charge is 0.508 e. The molecular weight excluding hydrogens is 213 g/mol. The second-order valence-electron chi connectivity index (χ2n) is 3.40. The van der Waals surface area contributed by atoms with Crippen LogP contribution in [-0.4, -0.2) is 35.4 Å². The maximum absolute atomic E-state index is 11.9. The van der Waals surface area contributed by atoms with E-state index in [9.17, 15) is 9.18 Å². The molecule has 0 radical (unpaired) electrons. The number of phenols is 1. The Morgan fingerprint density at radius 1 is 1.38 bits per heavy atom. The molecule has 0 saturated carbocycles. The molecule has 88 valence electrons. The van der Waals surface area contributed by atoms with E-state index in [4.69, 9.17) is 10.2 Å². The van der Waals surface area contributed by atoms with Crippen LogP contribution in [0.5, 0.6) is 5.75 Å². The predicted octanol–water partition coefficient (Wildman–Crippen LogP) is 0.947. The Balaban J connectivity index is 2.60. The number of benzene rings is 1. The molecule has 0 saturated heterocycles. The monoisotopic (exact) mass is 227 g/mol. The Labute approximate surface area is 92.7 Å². The highest BCUT2D eigenvalue weighted by molar-refractivity contribution is 5.73. The maximum Gasteiger partial charge on any atom is 0.321 e. The van der Waals surface area contributed by atoms with Crippen LogP contribution in [0, 0.1) is 0 Å². The quantitative estimate of drug-likeness (QED) is 0.676. The fourth-order valence-corrected chi connectivity index (χ4v) is 1.34. The van der Waals surface area contributed by atoms with E-state index < -0.39 is 18.7 Å². The number of carbonyl (C=O) groups is 1. The molecule has 0 fully saturated rings. The Morgan fingerprint density at radius 2 is 2.00 bits per heavy atom. The van der Waals surface area contributed by atoms with Crippen LogP contribution >= 0.6 is 0 Å². The van der Waals surface area contributed by atoms with Crippen molar-refractivity contribution in [2.24, 2.45) is 0 Å². The van der Waals surface area contributed by atoms with Gasteiger partial charge in [-0.15, -0.1) is 0 Å². The summed E-state index contributed by atoms with van der Waals surface area (Å²) in [5.41, 5.74) is 0.775. The van der Waals surface area contributed by atoms with Crippen LogP contribution in [0.15, 0.2) is 24.3 Å². The number of rotatable bonds is 6. The molecule has 1 atom stereocenters. The number of halogens is 1. The zero-order valence-corrected chi connectivity index (χ0v) is 8.69. The number of phenolic OH excluding ortho intramolecular Hbond substituents is 1. The lowest BCUT2D eigenvalue weighted by atomic mass is 10.1. The van der Waals surface area contributed by atoms with Crippen LogP contribution in [0.3, 0.4) is 0 Å². The SMILES string of the molecule is O=C(O)C(Cc1ccc(O)cc1)NCCF. The Morgan fingerprint density at radius 3 is 2.50 bits per heavy atom. The minimum absolute atomic E-state index is 0.0229. The van der Waals surface area contributed by atoms with Crippen LogP contribution in [0.1, 0.15) is 5.56 Å². The van der Waals surface area contributed by atoms with Gasteiger partial charge in [-0.2, -0.15) is 0 Å². The van der Waals surface area contributed by atoms with Crippen molar-refractivity contribution in [3.8, 4) is 5.75 Å². The van der Waals surface area contributed by atoms with Crippen molar-refractivity contribution < 1.29 is 19.4 Å². The summed E-state index contributed by atoms with van der Waals surface area (Å²) in [5.74, 6) is -0.881. The standard InChI is InChI=1S/C11H14FNO3/c12-5-6-13-10(11(15)16)7-8-1-3-9(14)4-2-8/h1-4,10,13-14H,5-7H2,(H,15,16). The van der Waals surface area contributed by atoms with E-state index in [1.165, 1.54) is 12.1 Å². The first-order valence-corrected chi connectivity index (χ1v) is 4.93. The van der Waals surface area contributed by atoms with E-state index in [2.05, 4.69) is 5.32 Å². The van der Waals surface area contributed by atoms with Gasteiger partial charge < -0.3 is 15.5 Å². The third kappa shape index (κ3) is 3.86. The zero-order valence-electron chi connectivity index (χ0n) is 8.69. The zero-order chi connectivity index (χ0) is 12.0. The minimum atomic E-state index is -1.01. The van der Waals surface area contributed by atoms with E-state index in [0.717, 1.165) is 5.56 Å². The molecule has 0 aliphatic heterocycles. The number of carboxylic acid groups (broad SMARTS) is 1. The van der Waals surface area contributed by atoms with E-state index >= 15 is 0 Å². The number of hydrogen-bond donors (Lipinski definition) is 3. The lowest BCUT2D eigenvalue weighted by Crippen LogP contribution is -2.39. The lowest BCUT2D eigenvalue weighted by Gasteiger charge is -2.13. The summed E-state index contributed by atoms with van der Waals surface area (Å²) >= 11 is 0. The van der Waals surface area contributed by atoms with Crippen LogP contribution in [-0.2, 0) is 11.2 Å². The molecule has 0 aromatic heterocycles. The van der Waals surface area contributed by atoms with Crippen LogP contribution < -0.4 is 5.32 Å². The van der Waals surface area contributed by atoms with Crippen LogP contribution in [0.4, 0.5) is 4.39 Å². The first kappa shape index (κ1) is 12.4. The van der Waals surface area contributed by atoms with Gasteiger partial charge in [0.25, 0.3) is 0 Å². The van der Waals surface area contributed by atoms with Crippen molar-refractivity contribution in [2.75, 3.05) is 13.2 Å². The molecule has 4 nitrogen and oxygen atoms in total. The summed E-state index contributed by atoms with van der Waals surface area (Å²) in [4.78, 5) is 10.8. The summed E-state index contributed by atoms with van der Waals surface area (Å²) < 4.78 is 11.9. The normalized spacial score (nSPS) is 12.3. The van der Waals surface area contributed by atoms with Crippen molar-refractivity contribution >= 4 is 5.97 Å². The van der Waals surface area contributed by atoms with Crippen molar-refractivity contribution in [3.63, 3.8) is 0 Å². The van der Waals surface area contributed by atoms with Crippen molar-refractivity contribution in [1.82, 2.24) is 5.32 Å². The van der Waals surface area contributed by atoms with Gasteiger partial charge in [-0.05, 0) is 24.1 Å². The molecule has 1 unspecified atom stereocenters. The molecule has 0 amide bonds. The van der Waals surface area contributed by atoms with Gasteiger partial charge in [0.15, 0.2) is 0 Å². The predicted molar refractivity (Wildman–Crippen MR) is 57.2 cm³/mol. The molecule has 1 aromatic rings. The molecule has 0 spiro atoms. The highest BCUT2D eigenvalue weighted by Gasteiger charge is 2.16. The molecule has 1 rings (SSSR count). The lowest BCUT2D eigenvalue weighted by molar-refractivity contribution is -0.139. The number of aliphatic carboxylic acids is 1. The third-order valence-electron chi connectivity index (χ3n) is 2.16. The van der Waals surface area contributed by atoms with Gasteiger partial charge in [0, 0.05) is 6.54 Å². The minimum Gasteiger partial charge on any atom is -0.508 e. The van der Waals surface area contributed by atoms with E-state index in [0.29, 0.717) is 0 Å².